The summed E-state index contributed by atoms with van der Waals surface area (Å²) < 4.78 is 0. The Bertz CT molecular complexity index is 4180. The number of unbranched alkanes of at least 4 members (excludes halogenated alkanes) is 1. The number of phenols is 1. The number of aliphatic hydroxyl groups is 2. The lowest BCUT2D eigenvalue weighted by Gasteiger charge is -2.29. The standard InChI is InChI=1S/C76H108N20O20S2/c1-5-40(4)62-75(116)95-58-38-118-117-37-57(73(114)85-48(18-11-12-26-77)64(105)88-52(30-42-20-22-44(99)23-21-42)68(109)92-56(36-98)72(113)93-55(35-97)71(112)84-47(19-13-27-81-76(79)80)63(104)83-34-60(101)96-62)94-66(107)50(28-39(2)3)87-67(108)51(29-41-14-7-6-8-15-41)89-65(106)49(24-25-59(78)100)86-70(111)54(32-61(102)103)91-69(110)53(90-74(58)115)31-43-33-82-46-17-10-9-16-45(43)46/h6-10,14-17,20-23,33,39-40,47-58,62,82,97-99H,5,11-13,18-19,24-32,34-38,77H2,1-4H3,(H2,78,100)(H,83,104)(H,84,112)(H,85,114)(H,86,111)(H,87,108)(H,88,105)(H,89,106)(H,90,115)(H,91,110)(H,92,109)(H,93,113)(H,94,107)(H,95,116)(H,96,101)(H,102,103)(H4,79,80,81)/t40-,47?,48-,49-,50?,51-,52-,53-,54-,55?,56-,57-,58-,62-/m0/s1. The number of carboxylic acids is 1. The highest BCUT2D eigenvalue weighted by Crippen LogP contribution is 2.26. The minimum Gasteiger partial charge on any atom is -0.508 e. The predicted molar refractivity (Wildman–Crippen MR) is 433 cm³/mol. The lowest BCUT2D eigenvalue weighted by molar-refractivity contribution is -0.141. The Labute approximate surface area is 687 Å². The van der Waals surface area contributed by atoms with Gasteiger partial charge in [0.25, 0.3) is 0 Å². The van der Waals surface area contributed by atoms with Crippen LogP contribution in [0.25, 0.3) is 10.9 Å². The molecule has 14 atom stereocenters. The van der Waals surface area contributed by atoms with Crippen LogP contribution >= 0.6 is 21.6 Å². The third-order valence-electron chi connectivity index (χ3n) is 19.2. The van der Waals surface area contributed by atoms with Gasteiger partial charge in [-0.1, -0.05) is 116 Å². The van der Waals surface area contributed by atoms with E-state index in [2.05, 4.69) is 84.7 Å². The third-order valence-corrected chi connectivity index (χ3v) is 21.6. The van der Waals surface area contributed by atoms with Gasteiger partial charge in [-0.2, -0.15) is 0 Å². The number of phenolic OH excluding ortho intramolecular Hbond substituents is 1. The maximum atomic E-state index is 15.5. The second kappa shape index (κ2) is 48.2. The molecule has 27 N–H and O–H groups in total. The number of carbonyl (C=O) groups excluding carboxylic acids is 15. The number of amides is 15. The maximum absolute atomic E-state index is 15.5. The van der Waals surface area contributed by atoms with Crippen molar-refractivity contribution in [3.8, 4) is 5.75 Å². The zero-order valence-electron chi connectivity index (χ0n) is 65.8. The topological polar surface area (TPSA) is 652 Å². The number of rotatable bonds is 25. The van der Waals surface area contributed by atoms with Crippen LogP contribution in [-0.4, -0.2) is 249 Å². The molecule has 2 fully saturated rings. The molecule has 3 unspecified atom stereocenters. The number of primary amides is 1. The molecule has 3 heterocycles. The first-order valence-corrected chi connectivity index (χ1v) is 41.0. The van der Waals surface area contributed by atoms with Gasteiger partial charge in [0.1, 0.15) is 84.3 Å². The SMILES string of the molecule is CC[C@H](C)[C@@H]1NC(=O)CNC(=O)C(CCCNC(=N)N)NC(=O)C(CO)NC(=O)[C@H](CO)NC(=O)[C@H](Cc2ccc(O)cc2)NC(=O)[C@H](CCCCN)NC(=O)[C@@H]2CSSC[C@H](NC1=O)C(=O)N[C@@H](Cc1c[nH]c3ccccc13)C(=O)N[C@@H](CC(=O)O)C(=O)N[C@@H](CCC(N)=O)C(=O)N[C@@H](Cc1ccccc1)C(=O)NC(CC(C)C)C(=O)N2. The van der Waals surface area contributed by atoms with Gasteiger partial charge >= 0.3 is 5.97 Å². The molecule has 15 amide bonds. The first kappa shape index (κ1) is 95.2. The lowest BCUT2D eigenvalue weighted by atomic mass is 9.98. The summed E-state index contributed by atoms with van der Waals surface area (Å²) in [7, 11) is 1.62. The summed E-state index contributed by atoms with van der Waals surface area (Å²) in [5.41, 5.74) is 18.7. The number of nitrogens with one attached hydrogen (secondary N) is 17. The van der Waals surface area contributed by atoms with E-state index in [1.165, 1.54) is 30.5 Å². The van der Waals surface area contributed by atoms with Gasteiger partial charge in [0.15, 0.2) is 5.96 Å². The number of aromatic hydroxyl groups is 1. The molecule has 0 radical (unpaired) electrons. The van der Waals surface area contributed by atoms with Gasteiger partial charge in [-0.15, -0.1) is 0 Å². The van der Waals surface area contributed by atoms with Gasteiger partial charge in [-0.3, -0.25) is 82.1 Å². The number of para-hydroxylation sites is 1. The van der Waals surface area contributed by atoms with E-state index in [0.29, 0.717) is 27.6 Å². The number of aromatic amines is 1. The van der Waals surface area contributed by atoms with E-state index in [0.717, 1.165) is 21.6 Å². The van der Waals surface area contributed by atoms with Crippen molar-refractivity contribution in [3.05, 3.63) is 102 Å². The number of aliphatic hydroxyl groups excluding tert-OH is 2. The molecule has 2 saturated heterocycles. The summed E-state index contributed by atoms with van der Waals surface area (Å²) in [6.07, 6.45) is -1.99. The summed E-state index contributed by atoms with van der Waals surface area (Å²) in [4.78, 5) is 235. The van der Waals surface area contributed by atoms with E-state index >= 15 is 33.6 Å². The average molecular weight is 1690 g/mol. The normalized spacial score (nSPS) is 24.5. The van der Waals surface area contributed by atoms with Gasteiger partial charge in [-0.25, -0.2) is 0 Å². The number of carbonyl (C=O) groups is 16. The number of guanidine groups is 1. The van der Waals surface area contributed by atoms with Crippen LogP contribution in [0.15, 0.2) is 85.1 Å². The fourth-order valence-electron chi connectivity index (χ4n) is 12.5. The fourth-order valence-corrected chi connectivity index (χ4v) is 14.9. The van der Waals surface area contributed by atoms with E-state index in [1.54, 1.807) is 82.3 Å². The van der Waals surface area contributed by atoms with Crippen LogP contribution in [0, 0.1) is 17.2 Å². The number of carboxylic acid groups (broad SMARTS) is 1. The lowest BCUT2D eigenvalue weighted by Crippen LogP contribution is -2.62. The van der Waals surface area contributed by atoms with Crippen LogP contribution < -0.4 is 97.0 Å². The number of aliphatic carboxylic acids is 1. The number of H-pyrrole nitrogens is 1. The Morgan fingerprint density at radius 3 is 1.50 bits per heavy atom. The molecule has 644 valence electrons. The molecule has 2 bridgehead atoms. The second-order valence-corrected chi connectivity index (χ2v) is 31.5. The van der Waals surface area contributed by atoms with Crippen molar-refractivity contribution in [2.24, 2.45) is 29.0 Å². The van der Waals surface area contributed by atoms with Crippen LogP contribution in [0.2, 0.25) is 0 Å². The molecule has 118 heavy (non-hydrogen) atoms. The van der Waals surface area contributed by atoms with Crippen molar-refractivity contribution in [1.82, 2.24) is 84.7 Å². The number of benzene rings is 3. The number of hydrogen-bond acceptors (Lipinski definition) is 23. The molecule has 0 aliphatic carbocycles. The van der Waals surface area contributed by atoms with Crippen molar-refractivity contribution in [3.63, 3.8) is 0 Å². The van der Waals surface area contributed by atoms with Crippen LogP contribution in [0.4, 0.5) is 0 Å². The summed E-state index contributed by atoms with van der Waals surface area (Å²) in [6, 6.07) is -2.54. The molecule has 2 aliphatic rings. The maximum Gasteiger partial charge on any atom is 0.305 e. The van der Waals surface area contributed by atoms with Gasteiger partial charge in [-0.05, 0) is 98.2 Å². The highest BCUT2D eigenvalue weighted by molar-refractivity contribution is 8.76. The summed E-state index contributed by atoms with van der Waals surface area (Å²) in [5, 5.41) is 87.7. The molecule has 3 aromatic carbocycles. The van der Waals surface area contributed by atoms with Crippen molar-refractivity contribution in [1.29, 1.82) is 5.41 Å². The van der Waals surface area contributed by atoms with E-state index in [1.807, 2.05) is 0 Å². The van der Waals surface area contributed by atoms with E-state index in [4.69, 9.17) is 22.6 Å². The monoisotopic (exact) mass is 1680 g/mol. The van der Waals surface area contributed by atoms with Crippen molar-refractivity contribution in [2.75, 3.05) is 44.4 Å². The molecule has 2 aliphatic heterocycles. The molecular formula is C76H108N20O20S2. The summed E-state index contributed by atoms with van der Waals surface area (Å²) in [6.45, 7) is 3.46. The van der Waals surface area contributed by atoms with Crippen LogP contribution in [0.5, 0.6) is 5.75 Å². The van der Waals surface area contributed by atoms with Crippen molar-refractivity contribution >= 4 is 133 Å². The number of hydrogen-bond donors (Lipinski definition) is 24. The Kier molecular flexibility index (Phi) is 38.9. The highest BCUT2D eigenvalue weighted by Gasteiger charge is 2.40. The number of aromatic nitrogens is 1. The van der Waals surface area contributed by atoms with Crippen LogP contribution in [-0.2, 0) is 96.0 Å². The van der Waals surface area contributed by atoms with Gasteiger partial charge in [0.05, 0.1) is 26.2 Å². The average Bonchev–Trinajstić information content (AvgIpc) is 1.64. The quantitative estimate of drug-likeness (QED) is 0.0128. The first-order valence-electron chi connectivity index (χ1n) is 38.5. The Morgan fingerprint density at radius 1 is 0.508 bits per heavy atom. The third kappa shape index (κ3) is 31.1. The van der Waals surface area contributed by atoms with Gasteiger partial charge in [0.2, 0.25) is 88.6 Å². The molecule has 1 aromatic heterocycles. The van der Waals surface area contributed by atoms with Crippen LogP contribution in [0.3, 0.4) is 0 Å². The number of nitrogens with two attached hydrogens (primary N) is 3. The number of fused-ring (bicyclic) bond motifs is 6. The molecule has 4 aromatic rings. The van der Waals surface area contributed by atoms with Crippen molar-refractivity contribution in [2.45, 2.75) is 190 Å². The summed E-state index contributed by atoms with van der Waals surface area (Å²) in [5.74, 6) is -21.1. The predicted octanol–water partition coefficient (Wildman–Crippen LogP) is -5.06. The van der Waals surface area contributed by atoms with E-state index < -0.39 is 254 Å². The van der Waals surface area contributed by atoms with Gasteiger partial charge < -0.3 is 122 Å². The van der Waals surface area contributed by atoms with Crippen molar-refractivity contribution < 1.29 is 97.1 Å². The zero-order valence-corrected chi connectivity index (χ0v) is 67.4. The minimum atomic E-state index is -2.08. The molecule has 6 rings (SSSR count). The molecule has 40 nitrogen and oxygen atoms in total. The summed E-state index contributed by atoms with van der Waals surface area (Å²) >= 11 is 0. The minimum absolute atomic E-state index is 0.0100. The smallest absolute Gasteiger partial charge is 0.305 e. The molecular weight excluding hydrogens is 1580 g/mol. The molecule has 0 spiro atoms. The molecule has 42 heteroatoms. The second-order valence-electron chi connectivity index (χ2n) is 28.9. The first-order chi connectivity index (χ1) is 56.2. The van der Waals surface area contributed by atoms with E-state index in [-0.39, 0.29) is 70.2 Å². The fraction of sp³-hybridized carbons (Fsp3) is 0.513. The zero-order chi connectivity index (χ0) is 86.7. The molecule has 0 saturated carbocycles. The van der Waals surface area contributed by atoms with Crippen LogP contribution in [0.1, 0.15) is 109 Å². The Morgan fingerprint density at radius 2 is 0.958 bits per heavy atom. The van der Waals surface area contributed by atoms with Gasteiger partial charge in [0, 0.05) is 60.8 Å². The highest BCUT2D eigenvalue weighted by atomic mass is 33.1. The largest absolute Gasteiger partial charge is 0.508 e. The van der Waals surface area contributed by atoms with E-state index in [9.17, 15) is 63.6 Å². The Balaban J connectivity index is 1.57. The Hall–Kier alpha value is -11.6.